The third-order valence-electron chi connectivity index (χ3n) is 2.95. The first-order chi connectivity index (χ1) is 9.90. The van der Waals surface area contributed by atoms with Gasteiger partial charge in [-0.3, -0.25) is 0 Å². The zero-order valence-electron chi connectivity index (χ0n) is 13.1. The fourth-order valence-electron chi connectivity index (χ4n) is 1.79. The van der Waals surface area contributed by atoms with Gasteiger partial charge in [-0.1, -0.05) is 13.0 Å². The number of likely N-dealkylation sites (N-methyl/N-ethyl adjacent to an activating group) is 1. The van der Waals surface area contributed by atoms with Crippen LogP contribution < -0.4 is 14.8 Å². The van der Waals surface area contributed by atoms with Crippen molar-refractivity contribution >= 4 is 10.0 Å². The average Bonchev–Trinajstić information content (AvgIpc) is 2.44. The summed E-state index contributed by atoms with van der Waals surface area (Å²) in [6, 6.07) is 5.20. The Balaban J connectivity index is 2.96. The van der Waals surface area contributed by atoms with E-state index in [-0.39, 0.29) is 4.90 Å². The average molecular weight is 315 g/mol. The van der Waals surface area contributed by atoms with E-state index in [0.717, 1.165) is 12.1 Å². The summed E-state index contributed by atoms with van der Waals surface area (Å²) in [7, 11) is 1.68. The van der Waals surface area contributed by atoms with Crippen molar-refractivity contribution in [2.45, 2.75) is 18.4 Å². The zero-order chi connectivity index (χ0) is 15.9. The van der Waals surface area contributed by atoms with Crippen LogP contribution in [0.5, 0.6) is 5.75 Å². The van der Waals surface area contributed by atoms with Crippen LogP contribution in [0.25, 0.3) is 0 Å². The van der Waals surface area contributed by atoms with Crippen LogP contribution in [-0.4, -0.2) is 54.2 Å². The van der Waals surface area contributed by atoms with E-state index in [1.807, 2.05) is 32.0 Å². The molecule has 0 saturated carbocycles. The van der Waals surface area contributed by atoms with E-state index in [9.17, 15) is 8.42 Å². The minimum absolute atomic E-state index is 0.180. The Morgan fingerprint density at radius 1 is 1.29 bits per heavy atom. The highest BCUT2D eigenvalue weighted by Gasteiger charge is 2.19. The second kappa shape index (κ2) is 8.33. The number of sulfonamides is 1. The van der Waals surface area contributed by atoms with Gasteiger partial charge in [0.1, 0.15) is 10.6 Å². The van der Waals surface area contributed by atoms with Gasteiger partial charge in [-0.05, 0) is 38.3 Å². The van der Waals surface area contributed by atoms with Crippen molar-refractivity contribution in [1.29, 1.82) is 0 Å². The van der Waals surface area contributed by atoms with Crippen molar-refractivity contribution in [3.8, 4) is 5.75 Å². The number of hydrogen-bond acceptors (Lipinski definition) is 5. The quantitative estimate of drug-likeness (QED) is 0.700. The standard InChI is InChI=1S/C14H25N3O3S/c1-5-15-11-12-6-7-13(20-4)14(10-12)21(18,19)16-8-9-17(2)3/h6-7,10,15-16H,5,8-9,11H2,1-4H3. The highest BCUT2D eigenvalue weighted by atomic mass is 32.2. The molecule has 0 fully saturated rings. The Morgan fingerprint density at radius 2 is 2.00 bits per heavy atom. The second-order valence-corrected chi connectivity index (χ2v) is 6.70. The van der Waals surface area contributed by atoms with E-state index in [4.69, 9.17) is 4.74 Å². The molecule has 0 atom stereocenters. The SMILES string of the molecule is CCNCc1ccc(OC)c(S(=O)(=O)NCCN(C)C)c1. The molecule has 0 radical (unpaired) electrons. The summed E-state index contributed by atoms with van der Waals surface area (Å²) in [4.78, 5) is 2.10. The van der Waals surface area contributed by atoms with E-state index in [1.54, 1.807) is 12.1 Å². The molecule has 0 aromatic heterocycles. The van der Waals surface area contributed by atoms with Gasteiger partial charge < -0.3 is 15.0 Å². The number of nitrogens with one attached hydrogen (secondary N) is 2. The number of hydrogen-bond donors (Lipinski definition) is 2. The fourth-order valence-corrected chi connectivity index (χ4v) is 3.03. The van der Waals surface area contributed by atoms with Gasteiger partial charge in [0.2, 0.25) is 10.0 Å². The lowest BCUT2D eigenvalue weighted by molar-refractivity contribution is 0.400. The molecule has 1 rings (SSSR count). The summed E-state index contributed by atoms with van der Waals surface area (Å²) >= 11 is 0. The summed E-state index contributed by atoms with van der Waals surface area (Å²) in [5, 5.41) is 3.18. The van der Waals surface area contributed by atoms with Crippen LogP contribution in [0.15, 0.2) is 23.1 Å². The smallest absolute Gasteiger partial charge is 0.244 e. The molecule has 0 amide bonds. The van der Waals surface area contributed by atoms with Gasteiger partial charge in [-0.2, -0.15) is 0 Å². The molecule has 0 aliphatic carbocycles. The molecule has 0 heterocycles. The molecule has 6 nitrogen and oxygen atoms in total. The molecule has 120 valence electrons. The maximum atomic E-state index is 12.4. The van der Waals surface area contributed by atoms with Crippen LogP contribution in [0.2, 0.25) is 0 Å². The summed E-state index contributed by atoms with van der Waals surface area (Å²) in [5.41, 5.74) is 0.908. The van der Waals surface area contributed by atoms with Crippen LogP contribution >= 0.6 is 0 Å². The largest absolute Gasteiger partial charge is 0.495 e. The number of methoxy groups -OCH3 is 1. The number of nitrogens with zero attached hydrogens (tertiary/aromatic N) is 1. The van der Waals surface area contributed by atoms with Crippen LogP contribution in [0.3, 0.4) is 0 Å². The van der Waals surface area contributed by atoms with Crippen molar-refractivity contribution in [2.24, 2.45) is 0 Å². The van der Waals surface area contributed by atoms with Crippen LogP contribution in [-0.2, 0) is 16.6 Å². The van der Waals surface area contributed by atoms with Gasteiger partial charge in [0, 0.05) is 19.6 Å². The van der Waals surface area contributed by atoms with Crippen molar-refractivity contribution < 1.29 is 13.2 Å². The topological polar surface area (TPSA) is 70.7 Å². The zero-order valence-corrected chi connectivity index (χ0v) is 14.0. The number of benzene rings is 1. The summed E-state index contributed by atoms with van der Waals surface area (Å²) in [5.74, 6) is 0.354. The lowest BCUT2D eigenvalue weighted by atomic mass is 10.2. The Bertz CT molecular complexity index is 544. The summed E-state index contributed by atoms with van der Waals surface area (Å²) < 4.78 is 32.5. The van der Waals surface area contributed by atoms with Gasteiger partial charge in [0.05, 0.1) is 7.11 Å². The number of rotatable bonds is 9. The predicted molar refractivity (Wildman–Crippen MR) is 84.1 cm³/mol. The van der Waals surface area contributed by atoms with Gasteiger partial charge in [-0.25, -0.2) is 13.1 Å². The normalized spacial score (nSPS) is 11.9. The van der Waals surface area contributed by atoms with Crippen LogP contribution in [0.1, 0.15) is 12.5 Å². The Kier molecular flexibility index (Phi) is 7.10. The first-order valence-electron chi connectivity index (χ1n) is 6.92. The van der Waals surface area contributed by atoms with Gasteiger partial charge >= 0.3 is 0 Å². The van der Waals surface area contributed by atoms with E-state index >= 15 is 0 Å². The third-order valence-corrected chi connectivity index (χ3v) is 4.43. The molecule has 0 spiro atoms. The molecule has 21 heavy (non-hydrogen) atoms. The molecule has 7 heteroatoms. The highest BCUT2D eigenvalue weighted by molar-refractivity contribution is 7.89. The molecule has 0 aliphatic heterocycles. The van der Waals surface area contributed by atoms with Crippen molar-refractivity contribution in [3.63, 3.8) is 0 Å². The molecule has 1 aromatic rings. The summed E-state index contributed by atoms with van der Waals surface area (Å²) in [6.45, 7) is 4.45. The lowest BCUT2D eigenvalue weighted by Crippen LogP contribution is -2.31. The molecular formula is C14H25N3O3S. The van der Waals surface area contributed by atoms with E-state index in [0.29, 0.717) is 25.4 Å². The monoisotopic (exact) mass is 315 g/mol. The van der Waals surface area contributed by atoms with Gasteiger partial charge in [-0.15, -0.1) is 0 Å². The maximum absolute atomic E-state index is 12.4. The Morgan fingerprint density at radius 3 is 2.57 bits per heavy atom. The molecular weight excluding hydrogens is 290 g/mol. The van der Waals surface area contributed by atoms with E-state index < -0.39 is 10.0 Å². The summed E-state index contributed by atoms with van der Waals surface area (Å²) in [6.07, 6.45) is 0. The Hall–Kier alpha value is -1.15. The molecule has 0 unspecified atom stereocenters. The minimum Gasteiger partial charge on any atom is -0.495 e. The van der Waals surface area contributed by atoms with Crippen LogP contribution in [0, 0.1) is 0 Å². The lowest BCUT2D eigenvalue weighted by Gasteiger charge is -2.14. The fraction of sp³-hybridized carbons (Fsp3) is 0.571. The molecule has 1 aromatic carbocycles. The first-order valence-corrected chi connectivity index (χ1v) is 8.41. The number of ether oxygens (including phenoxy) is 1. The van der Waals surface area contributed by atoms with Gasteiger partial charge in [0.15, 0.2) is 0 Å². The predicted octanol–water partition coefficient (Wildman–Crippen LogP) is 0.645. The van der Waals surface area contributed by atoms with Crippen molar-refractivity contribution in [2.75, 3.05) is 40.8 Å². The minimum atomic E-state index is -3.58. The second-order valence-electron chi connectivity index (χ2n) is 4.97. The molecule has 0 aliphatic rings. The maximum Gasteiger partial charge on any atom is 0.244 e. The third kappa shape index (κ3) is 5.62. The van der Waals surface area contributed by atoms with Crippen LogP contribution in [0.4, 0.5) is 0 Å². The Labute approximate surface area is 127 Å². The van der Waals surface area contributed by atoms with Crippen molar-refractivity contribution in [3.05, 3.63) is 23.8 Å². The highest BCUT2D eigenvalue weighted by Crippen LogP contribution is 2.24. The molecule has 2 N–H and O–H groups in total. The molecule has 0 saturated heterocycles. The first kappa shape index (κ1) is 17.9. The van der Waals surface area contributed by atoms with Crippen molar-refractivity contribution in [1.82, 2.24) is 14.9 Å². The van der Waals surface area contributed by atoms with E-state index in [2.05, 4.69) is 10.0 Å². The molecule has 0 bridgehead atoms. The van der Waals surface area contributed by atoms with Gasteiger partial charge in [0.25, 0.3) is 0 Å². The van der Waals surface area contributed by atoms with E-state index in [1.165, 1.54) is 7.11 Å².